The number of nitrogens with zero attached hydrogens (tertiary/aromatic N) is 6. The number of nitrogens with one attached hydrogen (secondary N) is 2. The van der Waals surface area contributed by atoms with Crippen molar-refractivity contribution >= 4 is 29.0 Å². The summed E-state index contributed by atoms with van der Waals surface area (Å²) in [6.45, 7) is 5.47. The lowest BCUT2D eigenvalue weighted by Gasteiger charge is -2.36. The second-order valence-corrected chi connectivity index (χ2v) is 8.84. The molecule has 1 saturated carbocycles. The number of fused-ring (bicyclic) bond motifs is 2. The van der Waals surface area contributed by atoms with Gasteiger partial charge in [-0.2, -0.15) is 4.98 Å². The number of rotatable bonds is 3. The van der Waals surface area contributed by atoms with Gasteiger partial charge in [0, 0.05) is 55.4 Å². The summed E-state index contributed by atoms with van der Waals surface area (Å²) >= 11 is 0. The van der Waals surface area contributed by atoms with Crippen LogP contribution in [0.25, 0.3) is 5.65 Å². The van der Waals surface area contributed by atoms with Crippen LogP contribution in [0.15, 0.2) is 24.7 Å². The fraction of sp³-hybridized carbons (Fsp3) is 0.455. The number of ether oxygens (including phenoxy) is 1. The summed E-state index contributed by atoms with van der Waals surface area (Å²) in [6.07, 6.45) is 8.69. The Labute approximate surface area is 185 Å². The van der Waals surface area contributed by atoms with Crippen LogP contribution in [0.5, 0.6) is 5.88 Å². The van der Waals surface area contributed by atoms with E-state index >= 15 is 0 Å². The molecule has 0 bridgehead atoms. The van der Waals surface area contributed by atoms with Gasteiger partial charge in [-0.1, -0.05) is 0 Å². The van der Waals surface area contributed by atoms with Gasteiger partial charge in [-0.3, -0.25) is 14.6 Å². The first kappa shape index (κ1) is 19.3. The molecule has 0 unspecified atom stereocenters. The van der Waals surface area contributed by atoms with Crippen molar-refractivity contribution in [2.24, 2.45) is 0 Å². The SMILES string of the molecule is COc1nc(NC(=O)N2CCc3c(N4CCNC5(CC5)C4)ccnc32)cn2cc(C)nc12. The Morgan fingerprint density at radius 2 is 2.12 bits per heavy atom. The smallest absolute Gasteiger partial charge is 0.328 e. The lowest BCUT2D eigenvalue weighted by atomic mass is 10.1. The van der Waals surface area contributed by atoms with Crippen LogP contribution in [-0.4, -0.2) is 64.2 Å². The van der Waals surface area contributed by atoms with Crippen LogP contribution in [0.1, 0.15) is 24.1 Å². The second-order valence-electron chi connectivity index (χ2n) is 8.84. The molecule has 10 nitrogen and oxygen atoms in total. The maximum atomic E-state index is 13.2. The van der Waals surface area contributed by atoms with Crippen LogP contribution in [0.4, 0.5) is 22.1 Å². The molecule has 1 spiro atoms. The maximum Gasteiger partial charge on any atom is 0.328 e. The third-order valence-electron chi connectivity index (χ3n) is 6.62. The minimum Gasteiger partial charge on any atom is -0.478 e. The molecule has 2 aliphatic heterocycles. The first-order valence-corrected chi connectivity index (χ1v) is 11.0. The molecule has 0 aromatic carbocycles. The molecule has 2 N–H and O–H groups in total. The summed E-state index contributed by atoms with van der Waals surface area (Å²) in [7, 11) is 1.54. The molecule has 1 saturated heterocycles. The predicted molar refractivity (Wildman–Crippen MR) is 121 cm³/mol. The van der Waals surface area contributed by atoms with E-state index in [1.54, 1.807) is 18.2 Å². The number of piperazine rings is 1. The summed E-state index contributed by atoms with van der Waals surface area (Å²) in [6, 6.07) is 1.83. The number of aryl methyl sites for hydroxylation is 1. The monoisotopic (exact) mass is 434 g/mol. The number of aromatic nitrogens is 4. The largest absolute Gasteiger partial charge is 0.478 e. The molecule has 3 aromatic heterocycles. The van der Waals surface area contributed by atoms with Crippen LogP contribution < -0.4 is 25.2 Å². The Bertz CT molecular complexity index is 1220. The van der Waals surface area contributed by atoms with E-state index in [0.29, 0.717) is 29.4 Å². The minimum absolute atomic E-state index is 0.252. The van der Waals surface area contributed by atoms with Gasteiger partial charge in [0.15, 0.2) is 5.82 Å². The van der Waals surface area contributed by atoms with Crippen LogP contribution in [0.2, 0.25) is 0 Å². The van der Waals surface area contributed by atoms with Crippen molar-refractivity contribution in [1.29, 1.82) is 0 Å². The van der Waals surface area contributed by atoms with E-state index in [1.807, 2.05) is 23.7 Å². The van der Waals surface area contributed by atoms with Crippen LogP contribution in [0.3, 0.4) is 0 Å². The van der Waals surface area contributed by atoms with Crippen molar-refractivity contribution in [3.05, 3.63) is 35.9 Å². The molecule has 2 fully saturated rings. The minimum atomic E-state index is -0.252. The molecule has 10 heteroatoms. The topological polar surface area (TPSA) is 99.9 Å². The summed E-state index contributed by atoms with van der Waals surface area (Å²) in [5, 5.41) is 6.57. The molecule has 6 rings (SSSR count). The zero-order valence-corrected chi connectivity index (χ0v) is 18.3. The van der Waals surface area contributed by atoms with E-state index in [0.717, 1.165) is 43.1 Å². The van der Waals surface area contributed by atoms with Gasteiger partial charge < -0.3 is 15.0 Å². The van der Waals surface area contributed by atoms with Crippen molar-refractivity contribution in [1.82, 2.24) is 24.7 Å². The Balaban J connectivity index is 1.26. The van der Waals surface area contributed by atoms with Gasteiger partial charge in [-0.25, -0.2) is 14.8 Å². The summed E-state index contributed by atoms with van der Waals surface area (Å²) in [5.41, 5.74) is 4.10. The van der Waals surface area contributed by atoms with Crippen LogP contribution in [0, 0.1) is 6.92 Å². The predicted octanol–water partition coefficient (Wildman–Crippen LogP) is 1.98. The number of hydrogen-bond acceptors (Lipinski definition) is 7. The van der Waals surface area contributed by atoms with E-state index in [9.17, 15) is 4.79 Å². The summed E-state index contributed by atoms with van der Waals surface area (Å²) in [5.74, 6) is 1.50. The van der Waals surface area contributed by atoms with Gasteiger partial charge in [-0.15, -0.1) is 0 Å². The van der Waals surface area contributed by atoms with Crippen molar-refractivity contribution in [3.63, 3.8) is 0 Å². The van der Waals surface area contributed by atoms with Gasteiger partial charge in [0.05, 0.1) is 19.0 Å². The molecule has 2 amide bonds. The first-order chi connectivity index (χ1) is 15.5. The molecule has 1 aliphatic carbocycles. The number of hydrogen-bond donors (Lipinski definition) is 2. The number of imidazole rings is 1. The van der Waals surface area contributed by atoms with E-state index in [-0.39, 0.29) is 6.03 Å². The highest BCUT2D eigenvalue weighted by molar-refractivity contribution is 6.02. The number of pyridine rings is 1. The Hall–Kier alpha value is -3.40. The van der Waals surface area contributed by atoms with E-state index in [1.165, 1.54) is 18.5 Å². The van der Waals surface area contributed by atoms with Gasteiger partial charge in [0.1, 0.15) is 5.82 Å². The highest BCUT2D eigenvalue weighted by Gasteiger charge is 2.46. The molecule has 0 radical (unpaired) electrons. The standard InChI is InChI=1S/C22H26N8O2/c1-14-11-29-12-17(26-20(32-2)19(29)25-14)27-21(31)30-9-4-15-16(3-7-23-18(15)30)28-10-8-24-22(13-28)5-6-22/h3,7,11-12,24H,4-6,8-10,13H2,1-2H3,(H,27,31). The van der Waals surface area contributed by atoms with Crippen molar-refractivity contribution in [2.75, 3.05) is 48.4 Å². The Morgan fingerprint density at radius 1 is 1.25 bits per heavy atom. The molecule has 5 heterocycles. The molecular formula is C22H26N8O2. The van der Waals surface area contributed by atoms with Gasteiger partial charge in [0.2, 0.25) is 5.65 Å². The lowest BCUT2D eigenvalue weighted by Crippen LogP contribution is -2.52. The second kappa shape index (κ2) is 7.06. The third-order valence-corrected chi connectivity index (χ3v) is 6.62. The van der Waals surface area contributed by atoms with Crippen molar-refractivity contribution in [2.45, 2.75) is 31.7 Å². The van der Waals surface area contributed by atoms with Crippen LogP contribution in [-0.2, 0) is 6.42 Å². The van der Waals surface area contributed by atoms with E-state index in [4.69, 9.17) is 4.74 Å². The number of anilines is 3. The zero-order valence-electron chi connectivity index (χ0n) is 18.3. The highest BCUT2D eigenvalue weighted by Crippen LogP contribution is 2.41. The molecule has 32 heavy (non-hydrogen) atoms. The number of carbonyl (C=O) groups excluding carboxylic acids is 1. The van der Waals surface area contributed by atoms with E-state index < -0.39 is 0 Å². The maximum absolute atomic E-state index is 13.2. The Morgan fingerprint density at radius 3 is 2.94 bits per heavy atom. The quantitative estimate of drug-likeness (QED) is 0.650. The molecule has 166 valence electrons. The number of carbonyl (C=O) groups is 1. The Kier molecular flexibility index (Phi) is 4.26. The fourth-order valence-electron chi connectivity index (χ4n) is 4.88. The van der Waals surface area contributed by atoms with Crippen LogP contribution >= 0.6 is 0 Å². The average molecular weight is 435 g/mol. The number of methoxy groups -OCH3 is 1. The molecule has 3 aliphatic rings. The average Bonchev–Trinajstić information content (AvgIpc) is 3.20. The highest BCUT2D eigenvalue weighted by atomic mass is 16.5. The van der Waals surface area contributed by atoms with E-state index in [2.05, 4.69) is 36.6 Å². The summed E-state index contributed by atoms with van der Waals surface area (Å²) < 4.78 is 7.18. The third kappa shape index (κ3) is 3.13. The number of urea groups is 1. The normalized spacial score (nSPS) is 18.8. The molecule has 3 aromatic rings. The van der Waals surface area contributed by atoms with Gasteiger partial charge >= 0.3 is 6.03 Å². The van der Waals surface area contributed by atoms with Crippen molar-refractivity contribution < 1.29 is 9.53 Å². The van der Waals surface area contributed by atoms with Crippen molar-refractivity contribution in [3.8, 4) is 5.88 Å². The summed E-state index contributed by atoms with van der Waals surface area (Å²) in [4.78, 5) is 30.7. The lowest BCUT2D eigenvalue weighted by molar-refractivity contribution is 0.257. The van der Waals surface area contributed by atoms with Gasteiger partial charge in [-0.05, 0) is 32.3 Å². The van der Waals surface area contributed by atoms with Gasteiger partial charge in [0.25, 0.3) is 5.88 Å². The molecular weight excluding hydrogens is 408 g/mol. The fourth-order valence-corrected chi connectivity index (χ4v) is 4.88. The number of amides is 2. The molecule has 0 atom stereocenters. The zero-order chi connectivity index (χ0) is 21.9. The first-order valence-electron chi connectivity index (χ1n) is 11.0.